The maximum absolute atomic E-state index is 13.1. The summed E-state index contributed by atoms with van der Waals surface area (Å²) >= 11 is 2.51. The maximum atomic E-state index is 13.1. The number of amides is 2. The van der Waals surface area contributed by atoms with E-state index < -0.39 is 29.2 Å². The molecule has 2 aliphatic rings. The van der Waals surface area contributed by atoms with Crippen molar-refractivity contribution >= 4 is 63.2 Å². The van der Waals surface area contributed by atoms with Gasteiger partial charge in [0.2, 0.25) is 0 Å². The minimum absolute atomic E-state index is 0.0726. The molecule has 2 amide bonds. The molecule has 2 aliphatic heterocycles. The molecule has 14 nitrogen and oxygen atoms in total. The molecule has 7 N–H and O–H groups in total. The number of hydrogen-bond acceptors (Lipinski definition) is 11. The third-order valence-electron chi connectivity index (χ3n) is 6.21. The van der Waals surface area contributed by atoms with E-state index in [0.29, 0.717) is 24.4 Å². The van der Waals surface area contributed by atoms with E-state index in [0.717, 1.165) is 22.8 Å². The number of hydrogen-bond donors (Lipinski definition) is 5. The fourth-order valence-electron chi connectivity index (χ4n) is 4.51. The number of oxime groups is 1. The van der Waals surface area contributed by atoms with Crippen molar-refractivity contribution in [2.24, 2.45) is 10.9 Å². The lowest BCUT2D eigenvalue weighted by atomic mass is 10.0. The Morgan fingerprint density at radius 1 is 1.38 bits per heavy atom. The van der Waals surface area contributed by atoms with E-state index in [1.54, 1.807) is 5.38 Å². The number of nitrogens with one attached hydrogen (secondary N) is 2. The summed E-state index contributed by atoms with van der Waals surface area (Å²) in [6.07, 6.45) is 3.73. The summed E-state index contributed by atoms with van der Waals surface area (Å²) < 4.78 is 3.87. The molecule has 0 saturated carbocycles. The SMILES string of the molecule is CON=C(C(=O)N[C@@H]1C(=O)N2C(C(=O)O)=C(C[n+]3ccn4c(NCCN)cccc43)CS[C@@H]12)c1csc(N)n1. The van der Waals surface area contributed by atoms with Gasteiger partial charge in [0.05, 0.1) is 0 Å². The van der Waals surface area contributed by atoms with Crippen LogP contribution in [0.2, 0.25) is 0 Å². The Labute approximate surface area is 230 Å². The maximum Gasteiger partial charge on any atom is 0.352 e. The Balaban J connectivity index is 1.36. The van der Waals surface area contributed by atoms with Crippen molar-refractivity contribution in [2.75, 3.05) is 37.0 Å². The van der Waals surface area contributed by atoms with Crippen LogP contribution in [-0.2, 0) is 25.8 Å². The number of fused-ring (bicyclic) bond motifs is 2. The van der Waals surface area contributed by atoms with Gasteiger partial charge in [0.15, 0.2) is 16.7 Å². The van der Waals surface area contributed by atoms with Crippen molar-refractivity contribution in [3.05, 3.63) is 52.9 Å². The summed E-state index contributed by atoms with van der Waals surface area (Å²) in [5, 5.41) is 20.9. The molecule has 1 saturated heterocycles. The van der Waals surface area contributed by atoms with Gasteiger partial charge in [-0.2, -0.15) is 4.40 Å². The van der Waals surface area contributed by atoms with Crippen molar-refractivity contribution in [2.45, 2.75) is 18.0 Å². The predicted octanol–water partition coefficient (Wildman–Crippen LogP) is -0.575. The van der Waals surface area contributed by atoms with E-state index in [-0.39, 0.29) is 28.8 Å². The number of thioether (sulfide) groups is 1. The number of anilines is 2. The molecule has 0 bridgehead atoms. The zero-order valence-corrected chi connectivity index (χ0v) is 22.4. The molecule has 0 radical (unpaired) electrons. The molecule has 204 valence electrons. The molecule has 1 fully saturated rings. The first-order valence-corrected chi connectivity index (χ1v) is 13.7. The Morgan fingerprint density at radius 3 is 2.90 bits per heavy atom. The number of imidazole rings is 1. The number of nitrogens with two attached hydrogens (primary N) is 2. The molecule has 2 atom stereocenters. The summed E-state index contributed by atoms with van der Waals surface area (Å²) in [6.45, 7) is 1.36. The first-order chi connectivity index (χ1) is 18.8. The topological polar surface area (TPSA) is 194 Å². The van der Waals surface area contributed by atoms with Crippen molar-refractivity contribution in [3.8, 4) is 0 Å². The second kappa shape index (κ2) is 10.9. The van der Waals surface area contributed by atoms with Crippen molar-refractivity contribution in [3.63, 3.8) is 0 Å². The third-order valence-corrected chi connectivity index (χ3v) is 8.22. The van der Waals surface area contributed by atoms with Crippen LogP contribution in [0.5, 0.6) is 0 Å². The monoisotopic (exact) mass is 572 g/mol. The van der Waals surface area contributed by atoms with Crippen LogP contribution in [-0.4, -0.2) is 80.3 Å². The first kappa shape index (κ1) is 26.5. The standard InChI is InChI=1S/C23H25N9O5S2/c1-37-29-16(13-11-39-23(25)27-13)19(33)28-17-20(34)32-18(22(35)36)12(10-38-21(17)32)9-30-7-8-31-14(26-6-5-24)3-2-4-15(30)31/h2-4,7-8,11,17,21H,5-6,9-10,24H2,1H3,(H4,25,27,28,33,35,36)/p+1/t17-,21+/m1/s1. The smallest absolute Gasteiger partial charge is 0.352 e. The van der Waals surface area contributed by atoms with Crippen LogP contribution in [0.15, 0.2) is 52.4 Å². The lowest BCUT2D eigenvalue weighted by Crippen LogP contribution is -2.71. The molecule has 0 unspecified atom stereocenters. The summed E-state index contributed by atoms with van der Waals surface area (Å²) in [4.78, 5) is 48.5. The largest absolute Gasteiger partial charge is 0.477 e. The van der Waals surface area contributed by atoms with Crippen LogP contribution in [0.1, 0.15) is 5.69 Å². The van der Waals surface area contributed by atoms with Crippen LogP contribution in [0.3, 0.4) is 0 Å². The van der Waals surface area contributed by atoms with Gasteiger partial charge >= 0.3 is 5.97 Å². The summed E-state index contributed by atoms with van der Waals surface area (Å²) in [6, 6.07) is 4.81. The Kier molecular flexibility index (Phi) is 7.40. The quantitative estimate of drug-likeness (QED) is 0.0909. The number of nitrogen functional groups attached to an aromatic ring is 1. The number of pyridine rings is 1. The van der Waals surface area contributed by atoms with Crippen LogP contribution >= 0.6 is 23.1 Å². The van der Waals surface area contributed by atoms with E-state index in [1.807, 2.05) is 39.6 Å². The number of nitrogens with zero attached hydrogens (tertiary/aromatic N) is 5. The van der Waals surface area contributed by atoms with Crippen molar-refractivity contribution in [1.29, 1.82) is 0 Å². The number of carbonyl (C=O) groups is 3. The molecule has 3 aromatic rings. The number of aromatic nitrogens is 3. The second-order valence-corrected chi connectivity index (χ2v) is 10.6. The number of rotatable bonds is 10. The van der Waals surface area contributed by atoms with Crippen LogP contribution in [0.25, 0.3) is 5.65 Å². The molecule has 39 heavy (non-hydrogen) atoms. The molecule has 0 spiro atoms. The average molecular weight is 573 g/mol. The molecule has 5 heterocycles. The van der Waals surface area contributed by atoms with Crippen molar-refractivity contribution in [1.82, 2.24) is 19.6 Å². The zero-order chi connectivity index (χ0) is 27.7. The molecular formula is C23H26N9O5S2+. The zero-order valence-electron chi connectivity index (χ0n) is 20.7. The molecular weight excluding hydrogens is 546 g/mol. The van der Waals surface area contributed by atoms with Gasteiger partial charge < -0.3 is 32.0 Å². The van der Waals surface area contributed by atoms with Crippen molar-refractivity contribution < 1.29 is 28.9 Å². The minimum Gasteiger partial charge on any atom is -0.477 e. The number of carboxylic acid groups (broad SMARTS) is 1. The Bertz CT molecular complexity index is 1510. The second-order valence-electron chi connectivity index (χ2n) is 8.59. The fraction of sp³-hybridized carbons (Fsp3) is 0.304. The number of β-lactam (4-membered cyclic amide) rings is 1. The first-order valence-electron chi connectivity index (χ1n) is 11.8. The highest BCUT2D eigenvalue weighted by Gasteiger charge is 2.54. The van der Waals surface area contributed by atoms with Crippen LogP contribution in [0.4, 0.5) is 10.9 Å². The van der Waals surface area contributed by atoms with Gasteiger partial charge in [-0.15, -0.1) is 23.1 Å². The van der Waals surface area contributed by atoms with E-state index in [2.05, 4.69) is 20.8 Å². The Hall–Kier alpha value is -4.15. The fourth-order valence-corrected chi connectivity index (χ4v) is 6.40. The van der Waals surface area contributed by atoms with Gasteiger partial charge in [0.25, 0.3) is 17.5 Å². The predicted molar refractivity (Wildman–Crippen MR) is 145 cm³/mol. The van der Waals surface area contributed by atoms with E-state index in [4.69, 9.17) is 16.3 Å². The highest BCUT2D eigenvalue weighted by Crippen LogP contribution is 2.40. The van der Waals surface area contributed by atoms with Gasteiger partial charge in [0.1, 0.15) is 48.9 Å². The molecule has 5 rings (SSSR count). The van der Waals surface area contributed by atoms with Gasteiger partial charge in [-0.3, -0.25) is 14.5 Å². The summed E-state index contributed by atoms with van der Waals surface area (Å²) in [5.41, 5.74) is 12.7. The molecule has 3 aromatic heterocycles. The molecule has 16 heteroatoms. The lowest BCUT2D eigenvalue weighted by Gasteiger charge is -2.49. The van der Waals surface area contributed by atoms with Gasteiger partial charge in [-0.1, -0.05) is 5.16 Å². The van der Waals surface area contributed by atoms with E-state index >= 15 is 0 Å². The van der Waals surface area contributed by atoms with Gasteiger partial charge in [-0.25, -0.2) is 14.3 Å². The average Bonchev–Trinajstić information content (AvgIpc) is 3.54. The number of aliphatic carboxylic acids is 1. The number of thiazole rings is 1. The number of carboxylic acids is 1. The summed E-state index contributed by atoms with van der Waals surface area (Å²) in [7, 11) is 1.28. The highest BCUT2D eigenvalue weighted by molar-refractivity contribution is 8.00. The summed E-state index contributed by atoms with van der Waals surface area (Å²) in [5.74, 6) is -1.19. The third kappa shape index (κ3) is 4.88. The van der Waals surface area contributed by atoms with Crippen LogP contribution < -0.4 is 26.7 Å². The normalized spacial score (nSPS) is 19.1. The minimum atomic E-state index is -1.21. The molecule has 0 aliphatic carbocycles. The van der Waals surface area contributed by atoms with Gasteiger partial charge in [-0.05, 0) is 6.07 Å². The van der Waals surface area contributed by atoms with Crippen LogP contribution in [0, 0.1) is 0 Å². The number of carbonyl (C=O) groups excluding carboxylic acids is 2. The van der Waals surface area contributed by atoms with E-state index in [1.165, 1.54) is 23.8 Å². The van der Waals surface area contributed by atoms with E-state index in [9.17, 15) is 19.5 Å². The Morgan fingerprint density at radius 2 is 2.21 bits per heavy atom. The lowest BCUT2D eigenvalue weighted by molar-refractivity contribution is -0.662. The highest BCUT2D eigenvalue weighted by atomic mass is 32.2. The molecule has 0 aromatic carbocycles. The van der Waals surface area contributed by atoms with Gasteiger partial charge in [0, 0.05) is 41.9 Å².